The Morgan fingerprint density at radius 1 is 0.902 bits per heavy atom. The summed E-state index contributed by atoms with van der Waals surface area (Å²) >= 11 is 0. The molecule has 2 aromatic rings. The van der Waals surface area contributed by atoms with E-state index < -0.39 is 35.9 Å². The minimum Gasteiger partial charge on any atom is -0.399 e. The largest absolute Gasteiger partial charge is 0.399 e. The van der Waals surface area contributed by atoms with Crippen molar-refractivity contribution in [1.82, 2.24) is 10.6 Å². The first kappa shape index (κ1) is 34.4. The molecule has 1 unspecified atom stereocenters. The van der Waals surface area contributed by atoms with Crippen LogP contribution in [0.3, 0.4) is 0 Å². The summed E-state index contributed by atoms with van der Waals surface area (Å²) < 4.78 is -0.202. The average Bonchev–Trinajstić information content (AvgIpc) is 2.93. The molecule has 3 atom stereocenters. The Morgan fingerprint density at radius 2 is 1.49 bits per heavy atom. The number of carbonyl (C=O) groups excluding carboxylic acids is 3. The molecular formula is C28H40N4O7S2. The first-order valence-electron chi connectivity index (χ1n) is 13.0. The maximum Gasteiger partial charge on any atom is 0.246 e. The number of nitrogens with one attached hydrogen (secondary N) is 3. The third-order valence-electron chi connectivity index (χ3n) is 6.18. The molecule has 0 aliphatic heterocycles. The van der Waals surface area contributed by atoms with Gasteiger partial charge in [-0.2, -0.15) is 0 Å². The van der Waals surface area contributed by atoms with Gasteiger partial charge in [-0.1, -0.05) is 33.7 Å². The number of rotatable bonds is 15. The minimum atomic E-state index is -1.54. The Kier molecular flexibility index (Phi) is 13.4. The van der Waals surface area contributed by atoms with E-state index in [0.717, 1.165) is 0 Å². The van der Waals surface area contributed by atoms with E-state index in [0.29, 0.717) is 28.8 Å². The molecule has 9 N–H and O–H groups in total. The second-order valence-electron chi connectivity index (χ2n) is 10.2. The highest BCUT2D eigenvalue weighted by atomic mass is 33.1. The van der Waals surface area contributed by atoms with Crippen molar-refractivity contribution in [2.45, 2.75) is 76.4 Å². The normalized spacial score (nSPS) is 13.7. The summed E-state index contributed by atoms with van der Waals surface area (Å²) in [4.78, 5) is 39.2. The van der Waals surface area contributed by atoms with Crippen LogP contribution in [-0.4, -0.2) is 61.2 Å². The second kappa shape index (κ2) is 16.0. The van der Waals surface area contributed by atoms with E-state index in [1.807, 2.05) is 20.1 Å². The van der Waals surface area contributed by atoms with Crippen molar-refractivity contribution in [3.8, 4) is 0 Å². The topological polar surface area (TPSA) is 194 Å². The molecule has 0 saturated heterocycles. The van der Waals surface area contributed by atoms with Crippen LogP contribution in [0.1, 0.15) is 62.0 Å². The molecule has 11 nitrogen and oxygen atoms in total. The van der Waals surface area contributed by atoms with Crippen molar-refractivity contribution in [3.05, 3.63) is 58.7 Å². The van der Waals surface area contributed by atoms with Crippen molar-refractivity contribution in [3.63, 3.8) is 0 Å². The maximum absolute atomic E-state index is 13.4. The van der Waals surface area contributed by atoms with Gasteiger partial charge in [0.15, 0.2) is 0 Å². The number of amides is 3. The Labute approximate surface area is 248 Å². The van der Waals surface area contributed by atoms with Crippen LogP contribution in [0, 0.1) is 0 Å². The van der Waals surface area contributed by atoms with Crippen LogP contribution in [-0.2, 0) is 34.2 Å². The number of hydrogen-bond donors (Lipinski definition) is 8. The molecule has 0 radical (unpaired) electrons. The number of aliphatic hydroxyl groups excluding tert-OH is 4. The molecule has 0 aliphatic rings. The molecule has 0 fully saturated rings. The Hall–Kier alpha value is -2.81. The molecule has 0 aromatic heterocycles. The first-order valence-corrected chi connectivity index (χ1v) is 15.5. The summed E-state index contributed by atoms with van der Waals surface area (Å²) in [7, 11) is 3.21. The van der Waals surface area contributed by atoms with Gasteiger partial charge in [0.2, 0.25) is 17.7 Å². The van der Waals surface area contributed by atoms with Gasteiger partial charge in [-0.05, 0) is 80.0 Å². The van der Waals surface area contributed by atoms with Gasteiger partial charge in [-0.15, -0.1) is 0 Å². The van der Waals surface area contributed by atoms with Gasteiger partial charge in [-0.3, -0.25) is 14.4 Å². The van der Waals surface area contributed by atoms with Crippen molar-refractivity contribution < 1.29 is 34.8 Å². The third kappa shape index (κ3) is 10.8. The van der Waals surface area contributed by atoms with Gasteiger partial charge in [-0.25, -0.2) is 0 Å². The van der Waals surface area contributed by atoms with E-state index >= 15 is 0 Å². The monoisotopic (exact) mass is 608 g/mol. The summed E-state index contributed by atoms with van der Waals surface area (Å²) in [6, 6.07) is 6.55. The van der Waals surface area contributed by atoms with Gasteiger partial charge in [0.1, 0.15) is 18.2 Å². The average molecular weight is 609 g/mol. The number of hydrogen-bond acceptors (Lipinski definition) is 10. The lowest BCUT2D eigenvalue weighted by molar-refractivity contribution is -0.133. The van der Waals surface area contributed by atoms with Crippen LogP contribution in [0.4, 0.5) is 11.4 Å². The number of carbonyl (C=O) groups is 3. The number of nitrogens with two attached hydrogens (primary N) is 1. The molecule has 226 valence electrons. The fourth-order valence-corrected chi connectivity index (χ4v) is 6.29. The summed E-state index contributed by atoms with van der Waals surface area (Å²) in [5.41, 5.74) is 8.08. The molecule has 0 spiro atoms. The molecule has 41 heavy (non-hydrogen) atoms. The van der Waals surface area contributed by atoms with E-state index in [1.165, 1.54) is 37.3 Å². The van der Waals surface area contributed by atoms with Crippen LogP contribution in [0.2, 0.25) is 0 Å². The first-order chi connectivity index (χ1) is 19.3. The van der Waals surface area contributed by atoms with Gasteiger partial charge in [0.25, 0.3) is 0 Å². The Balaban J connectivity index is 2.24. The lowest BCUT2D eigenvalue weighted by Gasteiger charge is -2.27. The van der Waals surface area contributed by atoms with E-state index in [1.54, 1.807) is 27.7 Å². The van der Waals surface area contributed by atoms with Gasteiger partial charge in [0.05, 0.1) is 19.8 Å². The van der Waals surface area contributed by atoms with Crippen LogP contribution >= 0.6 is 21.6 Å². The van der Waals surface area contributed by atoms with E-state index in [4.69, 9.17) is 5.73 Å². The molecule has 0 aliphatic carbocycles. The molecule has 0 heterocycles. The number of nitrogen functional groups attached to an aromatic ring is 1. The number of benzene rings is 2. The van der Waals surface area contributed by atoms with Crippen LogP contribution < -0.4 is 21.7 Å². The van der Waals surface area contributed by atoms with Crippen molar-refractivity contribution in [2.24, 2.45) is 0 Å². The molecule has 13 heteroatoms. The summed E-state index contributed by atoms with van der Waals surface area (Å²) in [5, 5.41) is 47.4. The highest BCUT2D eigenvalue weighted by molar-refractivity contribution is 8.76. The highest BCUT2D eigenvalue weighted by Gasteiger charge is 2.32. The third-order valence-corrected chi connectivity index (χ3v) is 8.85. The summed E-state index contributed by atoms with van der Waals surface area (Å²) in [5.74, 6) is -1.86. The molecule has 0 bridgehead atoms. The lowest BCUT2D eigenvalue weighted by Crippen LogP contribution is -2.54. The predicted octanol–water partition coefficient (Wildman–Crippen LogP) is 1.98. The molecule has 3 amide bonds. The number of aliphatic hydroxyl groups is 4. The zero-order chi connectivity index (χ0) is 30.7. The molecular weight excluding hydrogens is 568 g/mol. The van der Waals surface area contributed by atoms with Crippen LogP contribution in [0.25, 0.3) is 0 Å². The van der Waals surface area contributed by atoms with Gasteiger partial charge >= 0.3 is 0 Å². The summed E-state index contributed by atoms with van der Waals surface area (Å²) in [6.07, 6.45) is 1.02. The van der Waals surface area contributed by atoms with Crippen molar-refractivity contribution >= 4 is 50.7 Å². The Morgan fingerprint density at radius 3 is 2.05 bits per heavy atom. The standard InChI is InChI=1S/C28H40N4O7S2/c1-16(26(38)31-22-10-17(13-33)7-18(11-22)14-34)30-27(39)24(32-23(36)5-6-28(2,3)41-40-4)25(37)20-8-19(15-35)9-21(29)12-20/h7-12,16,24-25,33-35,37H,5-6,13-15,29H2,1-4H3,(H,30,39)(H,31,38)(H,32,36)/t16-,24-,25?/m0/s1. The van der Waals surface area contributed by atoms with Crippen molar-refractivity contribution in [2.75, 3.05) is 17.3 Å². The van der Waals surface area contributed by atoms with E-state index in [-0.39, 0.29) is 42.2 Å². The fourth-order valence-electron chi connectivity index (χ4n) is 4.05. The molecule has 0 saturated carbocycles. The smallest absolute Gasteiger partial charge is 0.246 e. The van der Waals surface area contributed by atoms with Crippen molar-refractivity contribution in [1.29, 1.82) is 0 Å². The molecule has 2 aromatic carbocycles. The maximum atomic E-state index is 13.4. The minimum absolute atomic E-state index is 0.0975. The Bertz CT molecular complexity index is 1190. The van der Waals surface area contributed by atoms with Gasteiger partial charge < -0.3 is 42.1 Å². The van der Waals surface area contributed by atoms with E-state index in [2.05, 4.69) is 16.0 Å². The highest BCUT2D eigenvalue weighted by Crippen LogP contribution is 2.37. The van der Waals surface area contributed by atoms with Gasteiger partial charge in [0, 0.05) is 22.5 Å². The fraction of sp³-hybridized carbons (Fsp3) is 0.464. The predicted molar refractivity (Wildman–Crippen MR) is 163 cm³/mol. The number of anilines is 2. The van der Waals surface area contributed by atoms with E-state index in [9.17, 15) is 34.8 Å². The summed E-state index contributed by atoms with van der Waals surface area (Å²) in [6.45, 7) is 4.51. The SMILES string of the molecule is CSSC(C)(C)CCC(=O)N[C@H](C(=O)N[C@@H](C)C(=O)Nc1cc(CO)cc(CO)c1)C(O)c1cc(N)cc(CO)c1. The lowest BCUT2D eigenvalue weighted by atomic mass is 9.98. The van der Waals surface area contributed by atoms with Crippen LogP contribution in [0.5, 0.6) is 0 Å². The second-order valence-corrected chi connectivity index (χ2v) is 13.3. The zero-order valence-electron chi connectivity index (χ0n) is 23.6. The quantitative estimate of drug-likeness (QED) is 0.109. The van der Waals surface area contributed by atoms with Crippen LogP contribution in [0.15, 0.2) is 36.4 Å². The zero-order valence-corrected chi connectivity index (χ0v) is 25.3. The molecule has 2 rings (SSSR count).